The number of ether oxygens (including phenoxy) is 2. The van der Waals surface area contributed by atoms with E-state index in [4.69, 9.17) is 15.2 Å². The van der Waals surface area contributed by atoms with Crippen molar-refractivity contribution < 1.29 is 9.47 Å². The number of hydrogen-bond acceptors (Lipinski definition) is 4. The third-order valence-electron chi connectivity index (χ3n) is 2.94. The number of H-pyrrole nitrogens is 1. The number of fused-ring (bicyclic) bond motifs is 1. The molecule has 18 heavy (non-hydrogen) atoms. The second-order valence-electron chi connectivity index (χ2n) is 4.27. The summed E-state index contributed by atoms with van der Waals surface area (Å²) in [5, 5.41) is 0. The van der Waals surface area contributed by atoms with Crippen molar-refractivity contribution in [1.82, 2.24) is 9.97 Å². The average Bonchev–Trinajstić information content (AvgIpc) is 2.82. The van der Waals surface area contributed by atoms with Crippen LogP contribution in [0.1, 0.15) is 11.3 Å². The number of rotatable bonds is 3. The van der Waals surface area contributed by atoms with Crippen molar-refractivity contribution in [1.29, 1.82) is 0 Å². The molecule has 5 heteroatoms. The molecule has 3 N–H and O–H groups in total. The Hall–Kier alpha value is -2.17. The summed E-state index contributed by atoms with van der Waals surface area (Å²) in [6, 6.07) is 6.06. The molecule has 0 atom stereocenters. The monoisotopic (exact) mass is 245 g/mol. The first kappa shape index (κ1) is 11.0. The van der Waals surface area contributed by atoms with E-state index in [0.29, 0.717) is 19.2 Å². The Morgan fingerprint density at radius 1 is 1.17 bits per heavy atom. The van der Waals surface area contributed by atoms with Crippen molar-refractivity contribution in [3.63, 3.8) is 0 Å². The van der Waals surface area contributed by atoms with E-state index in [1.54, 1.807) is 6.20 Å². The third-order valence-corrected chi connectivity index (χ3v) is 2.94. The molecule has 0 unspecified atom stereocenters. The summed E-state index contributed by atoms with van der Waals surface area (Å²) in [4.78, 5) is 7.00. The van der Waals surface area contributed by atoms with Gasteiger partial charge in [-0.25, -0.2) is 4.98 Å². The van der Waals surface area contributed by atoms with Gasteiger partial charge in [0.25, 0.3) is 0 Å². The lowest BCUT2D eigenvalue weighted by atomic mass is 10.1. The summed E-state index contributed by atoms with van der Waals surface area (Å²) < 4.78 is 11.0. The molecule has 0 aliphatic carbocycles. The highest BCUT2D eigenvalue weighted by Gasteiger charge is 2.11. The molecule has 3 rings (SSSR count). The summed E-state index contributed by atoms with van der Waals surface area (Å²) in [5.74, 6) is 2.13. The minimum Gasteiger partial charge on any atom is -0.486 e. The molecule has 94 valence electrons. The van der Waals surface area contributed by atoms with Crippen LogP contribution in [-0.4, -0.2) is 23.2 Å². The molecule has 1 aromatic carbocycles. The average molecular weight is 245 g/mol. The molecule has 2 heterocycles. The quantitative estimate of drug-likeness (QED) is 0.860. The molecule has 0 spiro atoms. The van der Waals surface area contributed by atoms with Gasteiger partial charge >= 0.3 is 0 Å². The second-order valence-corrected chi connectivity index (χ2v) is 4.27. The number of imidazole rings is 1. The molecule has 0 radical (unpaired) electrons. The maximum absolute atomic E-state index is 5.56. The molecule has 0 bridgehead atoms. The van der Waals surface area contributed by atoms with Crippen LogP contribution in [0.5, 0.6) is 11.5 Å². The van der Waals surface area contributed by atoms with Gasteiger partial charge in [0.05, 0.1) is 6.20 Å². The summed E-state index contributed by atoms with van der Waals surface area (Å²) in [6.07, 6.45) is 3.56. The van der Waals surface area contributed by atoms with Crippen LogP contribution in [0.25, 0.3) is 0 Å². The zero-order chi connectivity index (χ0) is 12.4. The van der Waals surface area contributed by atoms with Gasteiger partial charge in [-0.15, -0.1) is 0 Å². The van der Waals surface area contributed by atoms with Crippen molar-refractivity contribution in [3.05, 3.63) is 35.7 Å². The molecule has 0 saturated carbocycles. The highest BCUT2D eigenvalue weighted by molar-refractivity contribution is 5.44. The van der Waals surface area contributed by atoms with Crippen LogP contribution in [0.15, 0.2) is 24.4 Å². The van der Waals surface area contributed by atoms with Gasteiger partial charge in [-0.05, 0) is 30.5 Å². The fraction of sp³-hybridized carbons (Fsp3) is 0.308. The summed E-state index contributed by atoms with van der Waals surface area (Å²) in [6.45, 7) is 1.24. The molecule has 2 aromatic rings. The van der Waals surface area contributed by atoms with E-state index in [0.717, 1.165) is 30.0 Å². The maximum Gasteiger partial charge on any atom is 0.197 e. The van der Waals surface area contributed by atoms with E-state index in [9.17, 15) is 0 Å². The van der Waals surface area contributed by atoms with Gasteiger partial charge in [-0.2, -0.15) is 0 Å². The van der Waals surface area contributed by atoms with Gasteiger partial charge in [0.15, 0.2) is 17.4 Å². The number of nitrogens with two attached hydrogens (primary N) is 1. The van der Waals surface area contributed by atoms with E-state index in [1.807, 2.05) is 12.1 Å². The Morgan fingerprint density at radius 3 is 2.78 bits per heavy atom. The van der Waals surface area contributed by atoms with Crippen LogP contribution in [-0.2, 0) is 12.8 Å². The Labute approximate surface area is 105 Å². The smallest absolute Gasteiger partial charge is 0.197 e. The minimum atomic E-state index is 0.465. The van der Waals surface area contributed by atoms with Crippen LogP contribution < -0.4 is 15.2 Å². The summed E-state index contributed by atoms with van der Waals surface area (Å²) in [7, 11) is 0. The number of nitrogen functional groups attached to an aromatic ring is 1. The molecule has 5 nitrogen and oxygen atoms in total. The number of aromatic nitrogens is 2. The first-order valence-corrected chi connectivity index (χ1v) is 5.99. The van der Waals surface area contributed by atoms with E-state index >= 15 is 0 Å². The highest BCUT2D eigenvalue weighted by Crippen LogP contribution is 2.31. The van der Waals surface area contributed by atoms with Gasteiger partial charge in [0.1, 0.15) is 13.2 Å². The van der Waals surface area contributed by atoms with Gasteiger partial charge in [0, 0.05) is 5.69 Å². The van der Waals surface area contributed by atoms with Crippen LogP contribution in [0.3, 0.4) is 0 Å². The summed E-state index contributed by atoms with van der Waals surface area (Å²) in [5.41, 5.74) is 7.79. The summed E-state index contributed by atoms with van der Waals surface area (Å²) >= 11 is 0. The molecule has 0 saturated heterocycles. The van der Waals surface area contributed by atoms with E-state index in [-0.39, 0.29) is 0 Å². The lowest BCUT2D eigenvalue weighted by molar-refractivity contribution is 0.171. The van der Waals surface area contributed by atoms with Gasteiger partial charge < -0.3 is 20.2 Å². The minimum absolute atomic E-state index is 0.465. The first-order valence-electron chi connectivity index (χ1n) is 5.99. The van der Waals surface area contributed by atoms with Crippen molar-refractivity contribution in [3.8, 4) is 11.5 Å². The standard InChI is InChI=1S/C13H15N3O2/c14-13-15-8-10(16-13)3-1-9-2-4-11-12(7-9)18-6-5-17-11/h2,4,7-8H,1,3,5-6H2,(H3,14,15,16). The van der Waals surface area contributed by atoms with Gasteiger partial charge in [-0.3, -0.25) is 0 Å². The molecular weight excluding hydrogens is 230 g/mol. The number of nitrogens with zero attached hydrogens (tertiary/aromatic N) is 1. The topological polar surface area (TPSA) is 73.2 Å². The SMILES string of the molecule is Nc1ncc(CCc2ccc3c(c2)OCCO3)[nH]1. The van der Waals surface area contributed by atoms with Crippen LogP contribution >= 0.6 is 0 Å². The third kappa shape index (κ3) is 2.25. The van der Waals surface area contributed by atoms with Gasteiger partial charge in [-0.1, -0.05) is 6.07 Å². The van der Waals surface area contributed by atoms with E-state index < -0.39 is 0 Å². The Balaban J connectivity index is 1.69. The molecule has 1 aliphatic heterocycles. The van der Waals surface area contributed by atoms with Crippen molar-refractivity contribution in [2.24, 2.45) is 0 Å². The van der Waals surface area contributed by atoms with Gasteiger partial charge in [0.2, 0.25) is 0 Å². The molecule has 1 aromatic heterocycles. The van der Waals surface area contributed by atoms with Crippen molar-refractivity contribution in [2.75, 3.05) is 18.9 Å². The zero-order valence-corrected chi connectivity index (χ0v) is 9.98. The number of aromatic amines is 1. The van der Waals surface area contributed by atoms with Crippen molar-refractivity contribution >= 4 is 5.95 Å². The zero-order valence-electron chi connectivity index (χ0n) is 9.98. The predicted molar refractivity (Wildman–Crippen MR) is 67.8 cm³/mol. The number of nitrogens with one attached hydrogen (secondary N) is 1. The predicted octanol–water partition coefficient (Wildman–Crippen LogP) is 1.55. The largest absolute Gasteiger partial charge is 0.486 e. The number of hydrogen-bond donors (Lipinski definition) is 2. The first-order chi connectivity index (χ1) is 8.81. The number of aryl methyl sites for hydroxylation is 2. The Morgan fingerprint density at radius 2 is 2.00 bits per heavy atom. The molecule has 1 aliphatic rings. The molecular formula is C13H15N3O2. The number of anilines is 1. The van der Waals surface area contributed by atoms with E-state index in [2.05, 4.69) is 16.0 Å². The van der Waals surface area contributed by atoms with E-state index in [1.165, 1.54) is 5.56 Å². The lowest BCUT2D eigenvalue weighted by Gasteiger charge is -2.18. The Bertz CT molecular complexity index is 551. The number of benzene rings is 1. The fourth-order valence-corrected chi connectivity index (χ4v) is 2.03. The second kappa shape index (κ2) is 4.60. The van der Waals surface area contributed by atoms with Crippen LogP contribution in [0.4, 0.5) is 5.95 Å². The molecule has 0 amide bonds. The maximum atomic E-state index is 5.56. The lowest BCUT2D eigenvalue weighted by Crippen LogP contribution is -2.15. The molecule has 0 fully saturated rings. The Kier molecular flexibility index (Phi) is 2.80. The fourth-order valence-electron chi connectivity index (χ4n) is 2.03. The highest BCUT2D eigenvalue weighted by atomic mass is 16.6. The van der Waals surface area contributed by atoms with Crippen molar-refractivity contribution in [2.45, 2.75) is 12.8 Å². The van der Waals surface area contributed by atoms with Crippen LogP contribution in [0.2, 0.25) is 0 Å². The van der Waals surface area contributed by atoms with Crippen LogP contribution in [0, 0.1) is 0 Å². The normalized spacial score (nSPS) is 13.6.